The molecule has 0 bridgehead atoms. The lowest BCUT2D eigenvalue weighted by atomic mass is 10.3. The number of ether oxygens (including phenoxy) is 1. The zero-order valence-corrected chi connectivity index (χ0v) is 14.5. The van der Waals surface area contributed by atoms with E-state index in [1.807, 2.05) is 18.2 Å². The molecule has 0 amide bonds. The highest BCUT2D eigenvalue weighted by Crippen LogP contribution is 2.10. The Morgan fingerprint density at radius 3 is 2.80 bits per heavy atom. The number of hydrogen-bond donors (Lipinski definition) is 1. The van der Waals surface area contributed by atoms with Crippen molar-refractivity contribution in [2.24, 2.45) is 4.99 Å². The molecule has 0 aromatic carbocycles. The van der Waals surface area contributed by atoms with E-state index in [1.165, 1.54) is 12.8 Å². The third-order valence-electron chi connectivity index (χ3n) is 3.12. The van der Waals surface area contributed by atoms with Crippen LogP contribution in [-0.4, -0.2) is 42.6 Å². The first-order valence-electron chi connectivity index (χ1n) is 6.86. The Hall–Kier alpha value is -1.05. The smallest absolute Gasteiger partial charge is 0.213 e. The van der Waals surface area contributed by atoms with Gasteiger partial charge in [-0.15, -0.1) is 24.0 Å². The van der Waals surface area contributed by atoms with Crippen LogP contribution in [0, 0.1) is 0 Å². The zero-order valence-electron chi connectivity index (χ0n) is 12.1. The number of aliphatic imine (C=N–C) groups is 1. The normalized spacial score (nSPS) is 14.9. The minimum absolute atomic E-state index is 0. The predicted octanol–water partition coefficient (Wildman–Crippen LogP) is 2.27. The SMILES string of the molecule is CCNC(=NCc1cccc(OC)n1)N1CCCC1.I. The Morgan fingerprint density at radius 1 is 1.40 bits per heavy atom. The van der Waals surface area contributed by atoms with E-state index >= 15 is 0 Å². The first kappa shape index (κ1) is 17.0. The minimum atomic E-state index is 0. The molecular weight excluding hydrogens is 367 g/mol. The van der Waals surface area contributed by atoms with Crippen LogP contribution in [-0.2, 0) is 6.54 Å². The van der Waals surface area contributed by atoms with Gasteiger partial charge < -0.3 is 15.0 Å². The minimum Gasteiger partial charge on any atom is -0.481 e. The predicted molar refractivity (Wildman–Crippen MR) is 91.8 cm³/mol. The maximum atomic E-state index is 5.12. The number of pyridine rings is 1. The number of halogens is 1. The molecule has 1 N–H and O–H groups in total. The summed E-state index contributed by atoms with van der Waals surface area (Å²) >= 11 is 0. The maximum absolute atomic E-state index is 5.12. The van der Waals surface area contributed by atoms with Gasteiger partial charge in [0.05, 0.1) is 19.3 Å². The average molecular weight is 390 g/mol. The van der Waals surface area contributed by atoms with Crippen LogP contribution in [0.5, 0.6) is 5.88 Å². The maximum Gasteiger partial charge on any atom is 0.213 e. The Bertz CT molecular complexity index is 433. The summed E-state index contributed by atoms with van der Waals surface area (Å²) < 4.78 is 5.12. The van der Waals surface area contributed by atoms with E-state index in [0.29, 0.717) is 12.4 Å². The van der Waals surface area contributed by atoms with Gasteiger partial charge in [-0.05, 0) is 25.8 Å². The molecule has 20 heavy (non-hydrogen) atoms. The summed E-state index contributed by atoms with van der Waals surface area (Å²) in [6.07, 6.45) is 2.50. The van der Waals surface area contributed by atoms with Gasteiger partial charge in [0.25, 0.3) is 0 Å². The number of methoxy groups -OCH3 is 1. The van der Waals surface area contributed by atoms with E-state index in [1.54, 1.807) is 7.11 Å². The van der Waals surface area contributed by atoms with Gasteiger partial charge in [-0.3, -0.25) is 0 Å². The molecule has 0 aliphatic carbocycles. The fourth-order valence-corrected chi connectivity index (χ4v) is 2.17. The Labute approximate surface area is 137 Å². The van der Waals surface area contributed by atoms with E-state index < -0.39 is 0 Å². The third kappa shape index (κ3) is 4.81. The number of aromatic nitrogens is 1. The van der Waals surface area contributed by atoms with Crippen molar-refractivity contribution in [3.8, 4) is 5.88 Å². The van der Waals surface area contributed by atoms with E-state index in [0.717, 1.165) is 31.3 Å². The highest BCUT2D eigenvalue weighted by atomic mass is 127. The molecule has 1 aromatic rings. The molecule has 1 aromatic heterocycles. The standard InChI is InChI=1S/C14H22N4O.HI/c1-3-15-14(18-9-4-5-10-18)16-11-12-7-6-8-13(17-12)19-2;/h6-8H,3-5,9-11H2,1-2H3,(H,15,16);1H. The Balaban J connectivity index is 0.00000200. The van der Waals surface area contributed by atoms with Crippen molar-refractivity contribution in [2.45, 2.75) is 26.3 Å². The molecule has 5 nitrogen and oxygen atoms in total. The summed E-state index contributed by atoms with van der Waals surface area (Å²) in [5, 5.41) is 3.34. The van der Waals surface area contributed by atoms with E-state index in [9.17, 15) is 0 Å². The molecule has 0 spiro atoms. The second-order valence-electron chi connectivity index (χ2n) is 4.54. The summed E-state index contributed by atoms with van der Waals surface area (Å²) in [6.45, 7) is 5.75. The summed E-state index contributed by atoms with van der Waals surface area (Å²) in [6, 6.07) is 5.76. The molecule has 6 heteroatoms. The summed E-state index contributed by atoms with van der Waals surface area (Å²) in [7, 11) is 1.63. The average Bonchev–Trinajstić information content (AvgIpc) is 2.97. The van der Waals surface area contributed by atoms with Gasteiger partial charge in [0, 0.05) is 25.7 Å². The first-order valence-corrected chi connectivity index (χ1v) is 6.86. The Morgan fingerprint density at radius 2 is 2.15 bits per heavy atom. The van der Waals surface area contributed by atoms with Crippen LogP contribution in [0.3, 0.4) is 0 Å². The van der Waals surface area contributed by atoms with Crippen molar-refractivity contribution in [3.05, 3.63) is 23.9 Å². The monoisotopic (exact) mass is 390 g/mol. The number of guanidine groups is 1. The lowest BCUT2D eigenvalue weighted by molar-refractivity contribution is 0.396. The van der Waals surface area contributed by atoms with E-state index in [4.69, 9.17) is 4.74 Å². The molecule has 1 fully saturated rings. The van der Waals surface area contributed by atoms with E-state index in [2.05, 4.69) is 27.1 Å². The lowest BCUT2D eigenvalue weighted by Gasteiger charge is -2.20. The first-order chi connectivity index (χ1) is 9.33. The quantitative estimate of drug-likeness (QED) is 0.487. The van der Waals surface area contributed by atoms with Crippen molar-refractivity contribution in [3.63, 3.8) is 0 Å². The van der Waals surface area contributed by atoms with E-state index in [-0.39, 0.29) is 24.0 Å². The molecule has 2 heterocycles. The molecule has 112 valence electrons. The van der Waals surface area contributed by atoms with Crippen molar-refractivity contribution >= 4 is 29.9 Å². The molecule has 0 unspecified atom stereocenters. The number of hydrogen-bond acceptors (Lipinski definition) is 3. The summed E-state index contributed by atoms with van der Waals surface area (Å²) in [5.74, 6) is 1.63. The van der Waals surface area contributed by atoms with Gasteiger partial charge in [-0.1, -0.05) is 6.07 Å². The molecular formula is C14H23IN4O. The van der Waals surface area contributed by atoms with Crippen LogP contribution in [0.15, 0.2) is 23.2 Å². The molecule has 1 aliphatic rings. The van der Waals surface area contributed by atoms with Gasteiger partial charge >= 0.3 is 0 Å². The van der Waals surface area contributed by atoms with Crippen molar-refractivity contribution in [1.29, 1.82) is 0 Å². The third-order valence-corrected chi connectivity index (χ3v) is 3.12. The van der Waals surface area contributed by atoms with Crippen LogP contribution in [0.2, 0.25) is 0 Å². The molecule has 0 radical (unpaired) electrons. The van der Waals surface area contributed by atoms with Crippen LogP contribution in [0.1, 0.15) is 25.5 Å². The fraction of sp³-hybridized carbons (Fsp3) is 0.571. The molecule has 0 atom stereocenters. The molecule has 2 rings (SSSR count). The topological polar surface area (TPSA) is 49.8 Å². The Kier molecular flexibility index (Phi) is 7.64. The molecule has 0 saturated carbocycles. The van der Waals surface area contributed by atoms with Crippen LogP contribution >= 0.6 is 24.0 Å². The number of likely N-dealkylation sites (tertiary alicyclic amines) is 1. The highest BCUT2D eigenvalue weighted by Gasteiger charge is 2.15. The largest absolute Gasteiger partial charge is 0.481 e. The summed E-state index contributed by atoms with van der Waals surface area (Å²) in [5.41, 5.74) is 0.925. The second kappa shape index (κ2) is 8.99. The van der Waals surface area contributed by atoms with Gasteiger partial charge in [-0.2, -0.15) is 0 Å². The van der Waals surface area contributed by atoms with Gasteiger partial charge in [0.2, 0.25) is 5.88 Å². The summed E-state index contributed by atoms with van der Waals surface area (Å²) in [4.78, 5) is 11.3. The van der Waals surface area contributed by atoms with Crippen molar-refractivity contribution < 1.29 is 4.74 Å². The van der Waals surface area contributed by atoms with Crippen molar-refractivity contribution in [1.82, 2.24) is 15.2 Å². The zero-order chi connectivity index (χ0) is 13.5. The fourth-order valence-electron chi connectivity index (χ4n) is 2.17. The van der Waals surface area contributed by atoms with Crippen LogP contribution in [0.25, 0.3) is 0 Å². The van der Waals surface area contributed by atoms with Crippen molar-refractivity contribution in [2.75, 3.05) is 26.7 Å². The van der Waals surface area contributed by atoms with Crippen LogP contribution in [0.4, 0.5) is 0 Å². The number of nitrogens with one attached hydrogen (secondary N) is 1. The van der Waals surface area contributed by atoms with Gasteiger partial charge in [-0.25, -0.2) is 9.98 Å². The molecule has 1 saturated heterocycles. The van der Waals surface area contributed by atoms with Gasteiger partial charge in [0.15, 0.2) is 5.96 Å². The number of nitrogens with zero attached hydrogens (tertiary/aromatic N) is 3. The lowest BCUT2D eigenvalue weighted by Crippen LogP contribution is -2.39. The van der Waals surface area contributed by atoms with Crippen LogP contribution < -0.4 is 10.1 Å². The van der Waals surface area contributed by atoms with Gasteiger partial charge in [0.1, 0.15) is 0 Å². The highest BCUT2D eigenvalue weighted by molar-refractivity contribution is 14.0. The number of rotatable bonds is 4. The molecule has 1 aliphatic heterocycles. The second-order valence-corrected chi connectivity index (χ2v) is 4.54.